The molecule has 2 aromatic heterocycles. The molecule has 108 valence electrons. The highest BCUT2D eigenvalue weighted by Gasteiger charge is 2.08. The number of imidazole rings is 1. The molecule has 0 aliphatic carbocycles. The largest absolute Gasteiger partial charge is 0.381 e. The van der Waals surface area contributed by atoms with E-state index in [-0.39, 0.29) is 0 Å². The van der Waals surface area contributed by atoms with Crippen molar-refractivity contribution in [3.05, 3.63) is 57.0 Å². The van der Waals surface area contributed by atoms with Gasteiger partial charge in [-0.25, -0.2) is 4.98 Å². The zero-order chi connectivity index (χ0) is 14.8. The van der Waals surface area contributed by atoms with Crippen molar-refractivity contribution in [2.24, 2.45) is 7.05 Å². The predicted molar refractivity (Wildman–Crippen MR) is 90.3 cm³/mol. The summed E-state index contributed by atoms with van der Waals surface area (Å²) in [6.07, 6.45) is 3.73. The second-order valence-corrected chi connectivity index (χ2v) is 6.50. The first-order valence-electron chi connectivity index (χ1n) is 6.38. The van der Waals surface area contributed by atoms with Crippen LogP contribution in [0.2, 0.25) is 9.36 Å². The molecule has 0 spiro atoms. The Hall–Kier alpha value is -1.49. The molecule has 0 radical (unpaired) electrons. The maximum absolute atomic E-state index is 6.13. The Morgan fingerprint density at radius 1 is 1.33 bits per heavy atom. The average molecular weight is 338 g/mol. The first-order valence-corrected chi connectivity index (χ1v) is 8.01. The fraction of sp³-hybridized carbons (Fsp3) is 0.133. The number of hydrogen-bond donors (Lipinski definition) is 1. The molecule has 0 amide bonds. The third kappa shape index (κ3) is 3.07. The molecule has 3 aromatic rings. The van der Waals surface area contributed by atoms with E-state index in [9.17, 15) is 0 Å². The predicted octanol–water partition coefficient (Wildman–Crippen LogP) is 5.07. The van der Waals surface area contributed by atoms with Gasteiger partial charge in [-0.2, -0.15) is 0 Å². The summed E-state index contributed by atoms with van der Waals surface area (Å²) in [5.41, 5.74) is 3.10. The topological polar surface area (TPSA) is 29.9 Å². The molecule has 3 nitrogen and oxygen atoms in total. The van der Waals surface area contributed by atoms with Gasteiger partial charge in [-0.05, 0) is 17.5 Å². The second-order valence-electron chi connectivity index (χ2n) is 4.64. The SMILES string of the molecule is Cn1ccnc1-c1cccc(NCc2csc(Cl)c2Cl)c1. The smallest absolute Gasteiger partial charge is 0.139 e. The van der Waals surface area contributed by atoms with Crippen LogP contribution in [-0.4, -0.2) is 9.55 Å². The fourth-order valence-electron chi connectivity index (χ4n) is 2.08. The van der Waals surface area contributed by atoms with Gasteiger partial charge in [0.05, 0.1) is 5.02 Å². The number of aromatic nitrogens is 2. The summed E-state index contributed by atoms with van der Waals surface area (Å²) in [6, 6.07) is 8.15. The standard InChI is InChI=1S/C15H13Cl2N3S/c1-20-6-5-18-15(20)10-3-2-4-12(7-10)19-8-11-9-21-14(17)13(11)16/h2-7,9,19H,8H2,1H3. The Morgan fingerprint density at radius 3 is 2.86 bits per heavy atom. The van der Waals surface area contributed by atoms with Crippen LogP contribution in [0, 0.1) is 0 Å². The Kier molecular flexibility index (Phi) is 4.19. The molecule has 0 bridgehead atoms. The van der Waals surface area contributed by atoms with Crippen molar-refractivity contribution in [1.29, 1.82) is 0 Å². The van der Waals surface area contributed by atoms with Crippen LogP contribution in [-0.2, 0) is 13.6 Å². The number of nitrogens with zero attached hydrogens (tertiary/aromatic N) is 2. The van der Waals surface area contributed by atoms with Gasteiger partial charge < -0.3 is 9.88 Å². The first-order chi connectivity index (χ1) is 10.1. The summed E-state index contributed by atoms with van der Waals surface area (Å²) in [7, 11) is 1.98. The van der Waals surface area contributed by atoms with E-state index in [0.29, 0.717) is 15.9 Å². The summed E-state index contributed by atoms with van der Waals surface area (Å²) >= 11 is 13.6. The lowest BCUT2D eigenvalue weighted by Crippen LogP contribution is -1.99. The monoisotopic (exact) mass is 337 g/mol. The van der Waals surface area contributed by atoms with Crippen LogP contribution < -0.4 is 5.32 Å². The highest BCUT2D eigenvalue weighted by Crippen LogP contribution is 2.32. The third-order valence-electron chi connectivity index (χ3n) is 3.18. The Morgan fingerprint density at radius 2 is 2.19 bits per heavy atom. The molecule has 0 atom stereocenters. The average Bonchev–Trinajstić information content (AvgIpc) is 3.05. The van der Waals surface area contributed by atoms with Crippen LogP contribution in [0.1, 0.15) is 5.56 Å². The highest BCUT2D eigenvalue weighted by molar-refractivity contribution is 7.15. The number of nitrogens with one attached hydrogen (secondary N) is 1. The molecular weight excluding hydrogens is 325 g/mol. The number of halogens is 2. The molecule has 0 saturated carbocycles. The van der Waals surface area contributed by atoms with Gasteiger partial charge in [-0.1, -0.05) is 35.3 Å². The minimum Gasteiger partial charge on any atom is -0.381 e. The summed E-state index contributed by atoms with van der Waals surface area (Å²) < 4.78 is 2.63. The van der Waals surface area contributed by atoms with E-state index in [0.717, 1.165) is 22.6 Å². The number of aryl methyl sites for hydroxylation is 1. The van der Waals surface area contributed by atoms with Crippen molar-refractivity contribution in [1.82, 2.24) is 9.55 Å². The lowest BCUT2D eigenvalue weighted by atomic mass is 10.2. The van der Waals surface area contributed by atoms with E-state index in [4.69, 9.17) is 23.2 Å². The maximum atomic E-state index is 6.13. The van der Waals surface area contributed by atoms with Crippen molar-refractivity contribution in [3.8, 4) is 11.4 Å². The third-order valence-corrected chi connectivity index (χ3v) is 5.09. The van der Waals surface area contributed by atoms with Crippen LogP contribution in [0.5, 0.6) is 0 Å². The van der Waals surface area contributed by atoms with E-state index in [2.05, 4.69) is 16.4 Å². The molecule has 3 rings (SSSR count). The van der Waals surface area contributed by atoms with E-state index in [1.807, 2.05) is 41.4 Å². The Balaban J connectivity index is 1.78. The number of rotatable bonds is 4. The van der Waals surface area contributed by atoms with Crippen molar-refractivity contribution in [2.45, 2.75) is 6.54 Å². The van der Waals surface area contributed by atoms with Gasteiger partial charge in [0.1, 0.15) is 10.2 Å². The summed E-state index contributed by atoms with van der Waals surface area (Å²) in [5, 5.41) is 5.97. The van der Waals surface area contributed by atoms with E-state index >= 15 is 0 Å². The van der Waals surface area contributed by atoms with Gasteiger partial charge in [0.25, 0.3) is 0 Å². The van der Waals surface area contributed by atoms with Crippen molar-refractivity contribution >= 4 is 40.2 Å². The van der Waals surface area contributed by atoms with Crippen LogP contribution >= 0.6 is 34.5 Å². The van der Waals surface area contributed by atoms with Crippen LogP contribution in [0.25, 0.3) is 11.4 Å². The zero-order valence-electron chi connectivity index (χ0n) is 11.3. The zero-order valence-corrected chi connectivity index (χ0v) is 13.6. The number of benzene rings is 1. The summed E-state index contributed by atoms with van der Waals surface area (Å²) in [4.78, 5) is 4.36. The maximum Gasteiger partial charge on any atom is 0.139 e. The summed E-state index contributed by atoms with van der Waals surface area (Å²) in [6.45, 7) is 0.645. The number of hydrogen-bond acceptors (Lipinski definition) is 3. The van der Waals surface area contributed by atoms with E-state index in [1.54, 1.807) is 6.20 Å². The number of thiophene rings is 1. The van der Waals surface area contributed by atoms with Crippen LogP contribution in [0.4, 0.5) is 5.69 Å². The fourth-order valence-corrected chi connectivity index (χ4v) is 3.34. The summed E-state index contributed by atoms with van der Waals surface area (Å²) in [5.74, 6) is 0.940. The lowest BCUT2D eigenvalue weighted by Gasteiger charge is -2.08. The molecule has 0 unspecified atom stereocenters. The molecular formula is C15H13Cl2N3S. The molecule has 0 saturated heterocycles. The van der Waals surface area contributed by atoms with Gasteiger partial charge in [-0.3, -0.25) is 0 Å². The van der Waals surface area contributed by atoms with Gasteiger partial charge >= 0.3 is 0 Å². The van der Waals surface area contributed by atoms with Gasteiger partial charge in [-0.15, -0.1) is 11.3 Å². The molecule has 0 fully saturated rings. The minimum absolute atomic E-state index is 0.634. The van der Waals surface area contributed by atoms with Crippen molar-refractivity contribution < 1.29 is 0 Å². The normalized spacial score (nSPS) is 10.8. The van der Waals surface area contributed by atoms with Crippen molar-refractivity contribution in [3.63, 3.8) is 0 Å². The Labute approximate surface area is 137 Å². The first kappa shape index (κ1) is 14.4. The van der Waals surface area contributed by atoms with E-state index in [1.165, 1.54) is 11.3 Å². The van der Waals surface area contributed by atoms with Gasteiger partial charge in [0, 0.05) is 42.8 Å². The van der Waals surface area contributed by atoms with Gasteiger partial charge in [0.2, 0.25) is 0 Å². The quantitative estimate of drug-likeness (QED) is 0.720. The molecule has 2 heterocycles. The van der Waals surface area contributed by atoms with Crippen LogP contribution in [0.15, 0.2) is 42.0 Å². The number of anilines is 1. The minimum atomic E-state index is 0.634. The Bertz CT molecular complexity index is 764. The molecule has 0 aliphatic rings. The molecule has 21 heavy (non-hydrogen) atoms. The molecule has 6 heteroatoms. The molecule has 1 aromatic carbocycles. The lowest BCUT2D eigenvalue weighted by molar-refractivity contribution is 0.925. The van der Waals surface area contributed by atoms with Crippen LogP contribution in [0.3, 0.4) is 0 Å². The molecule has 0 aliphatic heterocycles. The highest BCUT2D eigenvalue weighted by atomic mass is 35.5. The van der Waals surface area contributed by atoms with Crippen molar-refractivity contribution in [2.75, 3.05) is 5.32 Å². The van der Waals surface area contributed by atoms with E-state index < -0.39 is 0 Å². The molecule has 1 N–H and O–H groups in total. The second kappa shape index (κ2) is 6.10. The van der Waals surface area contributed by atoms with Gasteiger partial charge in [0.15, 0.2) is 0 Å².